The standard InChI is InChI=1S/C23H18N4O3/c28-26-20-14-23(21-12-17-2-1-10-27(17)15-25-21)30-22-4-3-18(13-19(20)22)29-11-7-16-5-8-24-9-6-16/h1-6,8-10,12-15,28H,7,11H2/b26-20+. The predicted octanol–water partition coefficient (Wildman–Crippen LogP) is 4.05. The van der Waals surface area contributed by atoms with Gasteiger partial charge < -0.3 is 18.8 Å². The Balaban J connectivity index is 1.45. The number of pyridine rings is 1. The fourth-order valence-corrected chi connectivity index (χ4v) is 3.35. The molecule has 4 aromatic heterocycles. The van der Waals surface area contributed by atoms with Gasteiger partial charge in [0.1, 0.15) is 22.4 Å². The number of ether oxygens (including phenoxy) is 1. The minimum absolute atomic E-state index is 0.392. The lowest BCUT2D eigenvalue weighted by molar-refractivity contribution is 0.302. The van der Waals surface area contributed by atoms with Crippen molar-refractivity contribution in [3.63, 3.8) is 0 Å². The zero-order chi connectivity index (χ0) is 20.3. The van der Waals surface area contributed by atoms with Crippen LogP contribution in [0.2, 0.25) is 0 Å². The Morgan fingerprint density at radius 3 is 2.83 bits per heavy atom. The Morgan fingerprint density at radius 2 is 1.97 bits per heavy atom. The molecule has 7 nitrogen and oxygen atoms in total. The number of hydrogen-bond donors (Lipinski definition) is 1. The highest BCUT2D eigenvalue weighted by Crippen LogP contribution is 2.24. The first kappa shape index (κ1) is 17.9. The van der Waals surface area contributed by atoms with Crippen LogP contribution in [0.3, 0.4) is 0 Å². The Bertz CT molecular complexity index is 1390. The van der Waals surface area contributed by atoms with E-state index in [1.807, 2.05) is 59.1 Å². The molecule has 5 aromatic rings. The number of rotatable bonds is 5. The molecular formula is C23H18N4O3. The normalized spacial score (nSPS) is 11.9. The molecule has 148 valence electrons. The summed E-state index contributed by atoms with van der Waals surface area (Å²) < 4.78 is 13.8. The van der Waals surface area contributed by atoms with Crippen LogP contribution in [0, 0.1) is 0 Å². The van der Waals surface area contributed by atoms with Gasteiger partial charge in [0.05, 0.1) is 18.3 Å². The number of nitrogens with zero attached hydrogens (tertiary/aromatic N) is 4. The van der Waals surface area contributed by atoms with Crippen LogP contribution >= 0.6 is 0 Å². The molecule has 0 aliphatic carbocycles. The van der Waals surface area contributed by atoms with Crippen molar-refractivity contribution in [3.8, 4) is 17.2 Å². The highest BCUT2D eigenvalue weighted by molar-refractivity contribution is 5.80. The van der Waals surface area contributed by atoms with E-state index in [0.717, 1.165) is 17.5 Å². The van der Waals surface area contributed by atoms with E-state index < -0.39 is 0 Å². The van der Waals surface area contributed by atoms with Gasteiger partial charge in [0.15, 0.2) is 5.76 Å². The summed E-state index contributed by atoms with van der Waals surface area (Å²) in [5, 5.41) is 14.1. The van der Waals surface area contributed by atoms with Crippen molar-refractivity contribution in [2.24, 2.45) is 5.16 Å². The summed E-state index contributed by atoms with van der Waals surface area (Å²) in [6.07, 6.45) is 7.95. The third kappa shape index (κ3) is 3.48. The van der Waals surface area contributed by atoms with Gasteiger partial charge in [0.25, 0.3) is 0 Å². The Morgan fingerprint density at radius 1 is 1.07 bits per heavy atom. The van der Waals surface area contributed by atoms with Gasteiger partial charge in [-0.1, -0.05) is 5.16 Å². The summed E-state index contributed by atoms with van der Waals surface area (Å²) >= 11 is 0. The summed E-state index contributed by atoms with van der Waals surface area (Å²) in [5.41, 5.74) is 3.39. The van der Waals surface area contributed by atoms with E-state index in [4.69, 9.17) is 9.15 Å². The van der Waals surface area contributed by atoms with E-state index in [2.05, 4.69) is 15.1 Å². The molecule has 30 heavy (non-hydrogen) atoms. The van der Waals surface area contributed by atoms with E-state index >= 15 is 0 Å². The summed E-state index contributed by atoms with van der Waals surface area (Å²) in [7, 11) is 0. The first-order valence-electron chi connectivity index (χ1n) is 9.51. The van der Waals surface area contributed by atoms with Gasteiger partial charge in [-0.2, -0.15) is 0 Å². The molecule has 0 aliphatic rings. The average Bonchev–Trinajstić information content (AvgIpc) is 3.27. The zero-order valence-electron chi connectivity index (χ0n) is 16.0. The van der Waals surface area contributed by atoms with Crippen molar-refractivity contribution in [2.45, 2.75) is 6.42 Å². The first-order valence-corrected chi connectivity index (χ1v) is 9.51. The molecule has 0 atom stereocenters. The lowest BCUT2D eigenvalue weighted by Crippen LogP contribution is -2.05. The predicted molar refractivity (Wildman–Crippen MR) is 111 cm³/mol. The summed E-state index contributed by atoms with van der Waals surface area (Å²) in [6.45, 7) is 0.525. The van der Waals surface area contributed by atoms with Crippen LogP contribution < -0.4 is 10.1 Å². The van der Waals surface area contributed by atoms with Crippen molar-refractivity contribution in [1.82, 2.24) is 14.4 Å². The molecule has 0 fully saturated rings. The van der Waals surface area contributed by atoms with E-state index in [0.29, 0.717) is 40.1 Å². The molecule has 0 saturated carbocycles. The maximum absolute atomic E-state index is 9.57. The van der Waals surface area contributed by atoms with Crippen molar-refractivity contribution in [3.05, 3.63) is 90.4 Å². The van der Waals surface area contributed by atoms with E-state index in [1.165, 1.54) is 0 Å². The summed E-state index contributed by atoms with van der Waals surface area (Å²) in [4.78, 5) is 8.45. The quantitative estimate of drug-likeness (QED) is 0.357. The van der Waals surface area contributed by atoms with E-state index in [9.17, 15) is 5.21 Å². The number of aromatic nitrogens is 3. The molecule has 4 heterocycles. The smallest absolute Gasteiger partial charge is 0.155 e. The molecular weight excluding hydrogens is 380 g/mol. The second kappa shape index (κ2) is 7.71. The fourth-order valence-electron chi connectivity index (χ4n) is 3.35. The minimum atomic E-state index is 0.392. The first-order chi connectivity index (χ1) is 14.8. The van der Waals surface area contributed by atoms with Gasteiger partial charge >= 0.3 is 0 Å². The molecule has 1 N–H and O–H groups in total. The van der Waals surface area contributed by atoms with Gasteiger partial charge in [-0.25, -0.2) is 4.98 Å². The van der Waals surface area contributed by atoms with Gasteiger partial charge in [-0.05, 0) is 54.1 Å². The van der Waals surface area contributed by atoms with Crippen LogP contribution in [0.15, 0.2) is 89.1 Å². The van der Waals surface area contributed by atoms with Crippen LogP contribution in [0.1, 0.15) is 5.56 Å². The van der Waals surface area contributed by atoms with Crippen LogP contribution in [0.5, 0.6) is 5.75 Å². The molecule has 0 aliphatic heterocycles. The number of hydrogen-bond acceptors (Lipinski definition) is 6. The Labute approximate surface area is 171 Å². The second-order valence-corrected chi connectivity index (χ2v) is 6.82. The number of benzene rings is 1. The maximum Gasteiger partial charge on any atom is 0.155 e. The van der Waals surface area contributed by atoms with Crippen molar-refractivity contribution in [2.75, 3.05) is 6.61 Å². The highest BCUT2D eigenvalue weighted by Gasteiger charge is 2.10. The van der Waals surface area contributed by atoms with Gasteiger partial charge in [-0.15, -0.1) is 0 Å². The van der Waals surface area contributed by atoms with Crippen molar-refractivity contribution < 1.29 is 14.4 Å². The lowest BCUT2D eigenvalue weighted by atomic mass is 10.2. The molecule has 0 spiro atoms. The molecule has 5 rings (SSSR count). The molecule has 0 amide bonds. The monoisotopic (exact) mass is 398 g/mol. The molecule has 7 heteroatoms. The maximum atomic E-state index is 9.57. The largest absolute Gasteiger partial charge is 0.493 e. The third-order valence-electron chi connectivity index (χ3n) is 4.90. The Kier molecular flexibility index (Phi) is 4.61. The molecule has 1 aromatic carbocycles. The topological polar surface area (TPSA) is 85.2 Å². The molecule has 0 radical (unpaired) electrons. The highest BCUT2D eigenvalue weighted by atomic mass is 16.5. The average molecular weight is 398 g/mol. The third-order valence-corrected chi connectivity index (χ3v) is 4.90. The van der Waals surface area contributed by atoms with Crippen LogP contribution in [0.4, 0.5) is 0 Å². The van der Waals surface area contributed by atoms with Crippen molar-refractivity contribution >= 4 is 16.5 Å². The van der Waals surface area contributed by atoms with Crippen LogP contribution in [0.25, 0.3) is 27.9 Å². The second-order valence-electron chi connectivity index (χ2n) is 6.82. The molecule has 0 unspecified atom stereocenters. The Hall–Kier alpha value is -4.13. The molecule has 0 bridgehead atoms. The van der Waals surface area contributed by atoms with Gasteiger partial charge in [-0.3, -0.25) is 4.98 Å². The number of fused-ring (bicyclic) bond motifs is 2. The van der Waals surface area contributed by atoms with Gasteiger partial charge in [0.2, 0.25) is 0 Å². The van der Waals surface area contributed by atoms with E-state index in [-0.39, 0.29) is 0 Å². The van der Waals surface area contributed by atoms with Gasteiger partial charge in [0, 0.05) is 36.6 Å². The summed E-state index contributed by atoms with van der Waals surface area (Å²) in [5.74, 6) is 1.20. The summed E-state index contributed by atoms with van der Waals surface area (Å²) in [6, 6.07) is 16.9. The fraction of sp³-hybridized carbons (Fsp3) is 0.0870. The van der Waals surface area contributed by atoms with E-state index in [1.54, 1.807) is 24.8 Å². The zero-order valence-corrected chi connectivity index (χ0v) is 16.0. The van der Waals surface area contributed by atoms with Crippen molar-refractivity contribution in [1.29, 1.82) is 0 Å². The SMILES string of the molecule is O/N=c1\cc(-c2cc3cccn3cn2)oc2ccc(OCCc3ccncc3)cc12. The molecule has 0 saturated heterocycles. The van der Waals surface area contributed by atoms with Crippen LogP contribution in [-0.4, -0.2) is 26.2 Å². The minimum Gasteiger partial charge on any atom is -0.493 e. The van der Waals surface area contributed by atoms with Crippen LogP contribution in [-0.2, 0) is 6.42 Å². The lowest BCUT2D eigenvalue weighted by Gasteiger charge is -2.08.